The van der Waals surface area contributed by atoms with Gasteiger partial charge in [-0.3, -0.25) is 15.0 Å². The zero-order valence-electron chi connectivity index (χ0n) is 13.8. The summed E-state index contributed by atoms with van der Waals surface area (Å²) in [7, 11) is 0. The summed E-state index contributed by atoms with van der Waals surface area (Å²) in [4.78, 5) is 13.0. The van der Waals surface area contributed by atoms with Crippen LogP contribution in [0.4, 0.5) is 0 Å². The summed E-state index contributed by atoms with van der Waals surface area (Å²) in [5.74, 6) is 4.32. The third-order valence-corrected chi connectivity index (χ3v) is 5.24. The van der Waals surface area contributed by atoms with Gasteiger partial charge in [0.2, 0.25) is 0 Å². The smallest absolute Gasteiger partial charge is 0.287 e. The zero-order chi connectivity index (χ0) is 16.8. The number of hydrogen-bond acceptors (Lipinski definition) is 7. The number of nitrogens with one attached hydrogen (secondary N) is 2. The van der Waals surface area contributed by atoms with E-state index in [0.717, 1.165) is 29.6 Å². The highest BCUT2D eigenvalue weighted by Crippen LogP contribution is 2.18. The largest absolute Gasteiger partial charge is 0.464 e. The molecule has 0 radical (unpaired) electrons. The van der Waals surface area contributed by atoms with Gasteiger partial charge in [0, 0.05) is 18.8 Å². The fraction of sp³-hybridized carbons (Fsp3) is 0.625. The average molecular weight is 352 g/mol. The van der Waals surface area contributed by atoms with Crippen molar-refractivity contribution in [2.45, 2.75) is 31.6 Å². The summed E-state index contributed by atoms with van der Waals surface area (Å²) in [6, 6.07) is 4.13. The van der Waals surface area contributed by atoms with Crippen molar-refractivity contribution in [3.63, 3.8) is 0 Å². The number of likely N-dealkylation sites (tertiary alicyclic amines) is 1. The van der Waals surface area contributed by atoms with E-state index in [-0.39, 0.29) is 10.6 Å². The predicted molar refractivity (Wildman–Crippen MR) is 94.0 cm³/mol. The van der Waals surface area contributed by atoms with Crippen LogP contribution in [0.5, 0.6) is 0 Å². The Kier molecular flexibility index (Phi) is 6.03. The molecule has 2 aliphatic rings. The number of hydrogen-bond donors (Lipinski definition) is 2. The van der Waals surface area contributed by atoms with Crippen molar-refractivity contribution in [2.75, 3.05) is 31.9 Å². The van der Waals surface area contributed by atoms with Crippen LogP contribution in [0.1, 0.15) is 30.8 Å². The van der Waals surface area contributed by atoms with E-state index < -0.39 is 0 Å². The van der Waals surface area contributed by atoms with E-state index >= 15 is 0 Å². The number of nitrogens with zero attached hydrogens (tertiary/aromatic N) is 2. The molecule has 1 aromatic rings. The average Bonchev–Trinajstić information content (AvgIpc) is 3.29. The lowest BCUT2D eigenvalue weighted by molar-refractivity contribution is -0.427. The molecule has 7 nitrogen and oxygen atoms in total. The molecule has 1 fully saturated rings. The molecule has 24 heavy (non-hydrogen) atoms. The molecule has 2 N–H and O–H groups in total. The second kappa shape index (κ2) is 8.43. The van der Waals surface area contributed by atoms with Crippen molar-refractivity contribution < 1.29 is 9.34 Å². The van der Waals surface area contributed by atoms with Crippen LogP contribution in [0.25, 0.3) is 0 Å². The highest BCUT2D eigenvalue weighted by molar-refractivity contribution is 7.98. The van der Waals surface area contributed by atoms with Crippen molar-refractivity contribution in [3.05, 3.63) is 45.3 Å². The predicted octanol–water partition coefficient (Wildman–Crippen LogP) is 2.14. The van der Waals surface area contributed by atoms with Gasteiger partial charge in [-0.25, -0.2) is 0 Å². The summed E-state index contributed by atoms with van der Waals surface area (Å²) < 4.78 is 5.88. The molecule has 132 valence electrons. The molecule has 0 bridgehead atoms. The molecule has 3 rings (SSSR count). The lowest BCUT2D eigenvalue weighted by Crippen LogP contribution is -2.26. The van der Waals surface area contributed by atoms with E-state index in [0.29, 0.717) is 25.3 Å². The highest BCUT2D eigenvalue weighted by atomic mass is 32.2. The Morgan fingerprint density at radius 1 is 1.33 bits per heavy atom. The van der Waals surface area contributed by atoms with Gasteiger partial charge in [0.25, 0.3) is 5.70 Å². The maximum atomic E-state index is 10.9. The fourth-order valence-corrected chi connectivity index (χ4v) is 3.79. The van der Waals surface area contributed by atoms with Crippen molar-refractivity contribution in [2.24, 2.45) is 0 Å². The Labute approximate surface area is 146 Å². The normalized spacial score (nSPS) is 18.2. The van der Waals surface area contributed by atoms with E-state index in [4.69, 9.17) is 4.42 Å². The van der Waals surface area contributed by atoms with Crippen LogP contribution >= 0.6 is 11.8 Å². The van der Waals surface area contributed by atoms with E-state index in [2.05, 4.69) is 27.7 Å². The summed E-state index contributed by atoms with van der Waals surface area (Å²) in [6.45, 7) is 4.60. The van der Waals surface area contributed by atoms with Crippen molar-refractivity contribution in [1.29, 1.82) is 0 Å². The molecular formula is C16H24N4O3S. The molecule has 1 saturated heterocycles. The van der Waals surface area contributed by atoms with Crippen LogP contribution in [0.3, 0.4) is 0 Å². The van der Waals surface area contributed by atoms with Gasteiger partial charge in [-0.05, 0) is 38.1 Å². The maximum absolute atomic E-state index is 10.9. The second-order valence-electron chi connectivity index (χ2n) is 6.09. The first-order valence-corrected chi connectivity index (χ1v) is 9.61. The molecule has 0 aliphatic carbocycles. The Balaban J connectivity index is 1.34. The van der Waals surface area contributed by atoms with Gasteiger partial charge in [-0.15, -0.1) is 0 Å². The summed E-state index contributed by atoms with van der Waals surface area (Å²) in [6.07, 6.45) is 3.06. The zero-order valence-corrected chi connectivity index (χ0v) is 14.6. The van der Waals surface area contributed by atoms with Crippen LogP contribution in [0.15, 0.2) is 28.1 Å². The molecule has 0 spiro atoms. The van der Waals surface area contributed by atoms with Crippen molar-refractivity contribution in [1.82, 2.24) is 15.5 Å². The van der Waals surface area contributed by atoms with Crippen molar-refractivity contribution >= 4 is 11.8 Å². The van der Waals surface area contributed by atoms with Crippen molar-refractivity contribution in [3.8, 4) is 0 Å². The first-order valence-electron chi connectivity index (χ1n) is 8.45. The van der Waals surface area contributed by atoms with Gasteiger partial charge < -0.3 is 15.1 Å². The molecule has 0 unspecified atom stereocenters. The van der Waals surface area contributed by atoms with Gasteiger partial charge in [-0.1, -0.05) is 0 Å². The standard InChI is InChI=1S/C16H24N4O3S/c21-20(22)15-5-6-17-16(15)18-7-10-24-12-14-4-3-13(23-14)11-19-8-1-2-9-19/h3-4,17-18H,1-2,5-12H2. The first kappa shape index (κ1) is 17.2. The third-order valence-electron chi connectivity index (χ3n) is 4.26. The summed E-state index contributed by atoms with van der Waals surface area (Å²) >= 11 is 1.77. The first-order chi connectivity index (χ1) is 11.7. The SMILES string of the molecule is O=[N+]([O-])C1=C(NCCSCc2ccc(CN3CCCC3)o2)NCC1. The highest BCUT2D eigenvalue weighted by Gasteiger charge is 2.23. The van der Waals surface area contributed by atoms with Crippen LogP contribution in [0.2, 0.25) is 0 Å². The third kappa shape index (κ3) is 4.67. The Morgan fingerprint density at radius 3 is 2.92 bits per heavy atom. The molecule has 0 saturated carbocycles. The van der Waals surface area contributed by atoms with E-state index in [1.54, 1.807) is 11.8 Å². The number of thioether (sulfide) groups is 1. The molecule has 0 atom stereocenters. The minimum absolute atomic E-state index is 0.262. The number of nitro groups is 1. The Morgan fingerprint density at radius 2 is 2.12 bits per heavy atom. The van der Waals surface area contributed by atoms with Crippen LogP contribution in [0, 0.1) is 10.1 Å². The van der Waals surface area contributed by atoms with Crippen LogP contribution < -0.4 is 10.6 Å². The minimum Gasteiger partial charge on any atom is -0.464 e. The molecule has 8 heteroatoms. The van der Waals surface area contributed by atoms with Crippen LogP contribution in [-0.4, -0.2) is 41.8 Å². The van der Waals surface area contributed by atoms with Gasteiger partial charge in [0.1, 0.15) is 11.5 Å². The molecule has 3 heterocycles. The molecule has 1 aromatic heterocycles. The fourth-order valence-electron chi connectivity index (χ4n) is 3.05. The minimum atomic E-state index is -0.305. The molecule has 2 aliphatic heterocycles. The van der Waals surface area contributed by atoms with Crippen LogP contribution in [-0.2, 0) is 12.3 Å². The van der Waals surface area contributed by atoms with E-state index in [1.165, 1.54) is 25.9 Å². The van der Waals surface area contributed by atoms with Gasteiger partial charge >= 0.3 is 0 Å². The molecular weight excluding hydrogens is 328 g/mol. The van der Waals surface area contributed by atoms with Gasteiger partial charge in [0.15, 0.2) is 5.82 Å². The van der Waals surface area contributed by atoms with Gasteiger partial charge in [-0.2, -0.15) is 11.8 Å². The summed E-state index contributed by atoms with van der Waals surface area (Å²) in [5, 5.41) is 17.0. The second-order valence-corrected chi connectivity index (χ2v) is 7.19. The molecule has 0 amide bonds. The monoisotopic (exact) mass is 352 g/mol. The Bertz CT molecular complexity index is 596. The quantitative estimate of drug-likeness (QED) is 0.400. The Hall–Kier alpha value is -1.67. The number of furan rings is 1. The van der Waals surface area contributed by atoms with E-state index in [1.807, 2.05) is 0 Å². The lowest BCUT2D eigenvalue weighted by Gasteiger charge is -2.11. The maximum Gasteiger partial charge on any atom is 0.287 e. The molecule has 0 aromatic carbocycles. The van der Waals surface area contributed by atoms with Gasteiger partial charge in [0.05, 0.1) is 23.6 Å². The topological polar surface area (TPSA) is 83.6 Å². The lowest BCUT2D eigenvalue weighted by atomic mass is 10.4. The number of rotatable bonds is 9. The summed E-state index contributed by atoms with van der Waals surface area (Å²) in [5.41, 5.74) is 0.262. The van der Waals surface area contributed by atoms with E-state index in [9.17, 15) is 10.1 Å².